The summed E-state index contributed by atoms with van der Waals surface area (Å²) in [5.41, 5.74) is 5.77. The Morgan fingerprint density at radius 3 is 2.53 bits per heavy atom. The fourth-order valence-electron chi connectivity index (χ4n) is 3.89. The van der Waals surface area contributed by atoms with Gasteiger partial charge in [0.15, 0.2) is 0 Å². The Morgan fingerprint density at radius 2 is 1.93 bits per heavy atom. The molecule has 1 heterocycles. The van der Waals surface area contributed by atoms with E-state index in [1.807, 2.05) is 37.4 Å². The molecule has 0 fully saturated rings. The van der Waals surface area contributed by atoms with E-state index in [0.29, 0.717) is 18.8 Å². The first-order valence-electron chi connectivity index (χ1n) is 10.4. The average molecular weight is 406 g/mol. The summed E-state index contributed by atoms with van der Waals surface area (Å²) in [7, 11) is 1.81. The van der Waals surface area contributed by atoms with Crippen LogP contribution < -0.4 is 5.32 Å². The van der Waals surface area contributed by atoms with E-state index in [4.69, 9.17) is 5.41 Å². The number of allylic oxidation sites excluding steroid dienone is 1. The lowest BCUT2D eigenvalue weighted by Crippen LogP contribution is -2.38. The van der Waals surface area contributed by atoms with Crippen molar-refractivity contribution >= 4 is 11.6 Å². The zero-order chi connectivity index (χ0) is 21.9. The first-order valence-corrected chi connectivity index (χ1v) is 10.4. The zero-order valence-corrected chi connectivity index (χ0v) is 18.2. The molecule has 30 heavy (non-hydrogen) atoms. The van der Waals surface area contributed by atoms with E-state index in [1.54, 1.807) is 31.0 Å². The van der Waals surface area contributed by atoms with Crippen molar-refractivity contribution < 1.29 is 9.90 Å². The highest BCUT2D eigenvalue weighted by atomic mass is 16.3. The maximum Gasteiger partial charge on any atom is 0.254 e. The van der Waals surface area contributed by atoms with Gasteiger partial charge in [-0.2, -0.15) is 0 Å². The third-order valence-corrected chi connectivity index (χ3v) is 5.34. The van der Waals surface area contributed by atoms with Gasteiger partial charge in [0.2, 0.25) is 0 Å². The molecule has 0 unspecified atom stereocenters. The van der Waals surface area contributed by atoms with Crippen molar-refractivity contribution in [1.29, 1.82) is 5.41 Å². The van der Waals surface area contributed by atoms with Crippen LogP contribution in [0.4, 0.5) is 0 Å². The number of benzene rings is 2. The summed E-state index contributed by atoms with van der Waals surface area (Å²) in [5.74, 6) is -0.00357. The van der Waals surface area contributed by atoms with Crippen molar-refractivity contribution in [2.45, 2.75) is 45.8 Å². The third-order valence-electron chi connectivity index (χ3n) is 5.34. The molecule has 2 aromatic rings. The molecule has 0 saturated carbocycles. The average Bonchev–Trinajstić information content (AvgIpc) is 2.99. The molecule has 0 aliphatic carbocycles. The summed E-state index contributed by atoms with van der Waals surface area (Å²) in [6.45, 7) is 6.47. The number of aliphatic hydroxyl groups is 1. The predicted octanol–water partition coefficient (Wildman–Crippen LogP) is 3.67. The molecule has 0 aromatic heterocycles. The maximum absolute atomic E-state index is 12.9. The van der Waals surface area contributed by atoms with Crippen molar-refractivity contribution in [1.82, 2.24) is 10.2 Å². The summed E-state index contributed by atoms with van der Waals surface area (Å²) in [5, 5.41) is 21.1. The van der Waals surface area contributed by atoms with Crippen LogP contribution in [-0.4, -0.2) is 40.8 Å². The van der Waals surface area contributed by atoms with Crippen LogP contribution in [0.25, 0.3) is 0 Å². The first-order chi connectivity index (χ1) is 14.2. The highest BCUT2D eigenvalue weighted by Gasteiger charge is 2.31. The molecule has 1 aliphatic rings. The minimum absolute atomic E-state index is 0.00357. The Bertz CT molecular complexity index is 969. The van der Waals surface area contributed by atoms with Crippen molar-refractivity contribution in [3.63, 3.8) is 0 Å². The second kappa shape index (κ2) is 8.84. The van der Waals surface area contributed by atoms with E-state index in [2.05, 4.69) is 18.3 Å². The highest BCUT2D eigenvalue weighted by molar-refractivity contribution is 6.06. The van der Waals surface area contributed by atoms with Gasteiger partial charge in [-0.05, 0) is 72.8 Å². The second-order valence-corrected chi connectivity index (χ2v) is 8.51. The topological polar surface area (TPSA) is 76.4 Å². The van der Waals surface area contributed by atoms with Gasteiger partial charge in [-0.1, -0.05) is 37.3 Å². The molecule has 1 aliphatic heterocycles. The number of fused-ring (bicyclic) bond motifs is 1. The number of hydrogen-bond acceptors (Lipinski definition) is 4. The fourth-order valence-corrected chi connectivity index (χ4v) is 3.89. The third kappa shape index (κ3) is 4.97. The highest BCUT2D eigenvalue weighted by Crippen LogP contribution is 2.29. The Kier molecular flexibility index (Phi) is 6.42. The van der Waals surface area contributed by atoms with Crippen LogP contribution in [0.15, 0.2) is 48.7 Å². The minimum Gasteiger partial charge on any atom is -0.394 e. The van der Waals surface area contributed by atoms with Crippen LogP contribution in [0.2, 0.25) is 0 Å². The van der Waals surface area contributed by atoms with E-state index in [0.717, 1.165) is 40.7 Å². The fraction of sp³-hybridized carbons (Fsp3) is 0.360. The maximum atomic E-state index is 12.9. The Balaban J connectivity index is 1.82. The second-order valence-electron chi connectivity index (χ2n) is 8.51. The number of amides is 1. The standard InChI is InChI=1S/C25H31N3O2/c1-5-18-13-21-15-28(16-25(2,3)30)24(29)22(21)14-20(18)12-17-6-8-19(9-7-17)23(26)10-11-27-4/h6-11,13-14,26-27,30H,5,12,15-16H2,1-4H3/b11-10-,26-23?. The Morgan fingerprint density at radius 1 is 1.23 bits per heavy atom. The van der Waals surface area contributed by atoms with Crippen LogP contribution in [0.5, 0.6) is 0 Å². The van der Waals surface area contributed by atoms with Gasteiger partial charge in [0.25, 0.3) is 5.91 Å². The molecule has 2 aromatic carbocycles. The lowest BCUT2D eigenvalue weighted by atomic mass is 9.93. The molecule has 5 heteroatoms. The van der Waals surface area contributed by atoms with Crippen LogP contribution in [0.3, 0.4) is 0 Å². The van der Waals surface area contributed by atoms with Crippen LogP contribution in [0.1, 0.15) is 58.9 Å². The van der Waals surface area contributed by atoms with Gasteiger partial charge < -0.3 is 20.7 Å². The van der Waals surface area contributed by atoms with E-state index < -0.39 is 5.60 Å². The number of nitrogens with one attached hydrogen (secondary N) is 2. The molecule has 3 N–H and O–H groups in total. The number of carbonyl (C=O) groups excluding carboxylic acids is 1. The zero-order valence-electron chi connectivity index (χ0n) is 18.2. The molecule has 0 spiro atoms. The number of rotatable bonds is 8. The SMILES string of the molecule is CCc1cc2c(cc1Cc1ccc(C(=N)/C=C\NC)cc1)C(=O)N(CC(C)(C)O)C2. The molecular weight excluding hydrogens is 374 g/mol. The monoisotopic (exact) mass is 405 g/mol. The largest absolute Gasteiger partial charge is 0.394 e. The predicted molar refractivity (Wildman–Crippen MR) is 121 cm³/mol. The number of β-amino-alcohol motifs (C(OH)–C–C–N with tert-alkyl or cyclic N) is 1. The quantitative estimate of drug-likeness (QED) is 0.587. The summed E-state index contributed by atoms with van der Waals surface area (Å²) in [6.07, 6.45) is 5.12. The molecule has 1 amide bonds. The Hall–Kier alpha value is -2.92. The van der Waals surface area contributed by atoms with Gasteiger partial charge in [-0.15, -0.1) is 0 Å². The number of hydrogen-bond donors (Lipinski definition) is 3. The van der Waals surface area contributed by atoms with Crippen LogP contribution >= 0.6 is 0 Å². The number of carbonyl (C=O) groups is 1. The van der Waals surface area contributed by atoms with Gasteiger partial charge in [0.1, 0.15) is 0 Å². The number of aryl methyl sites for hydroxylation is 1. The van der Waals surface area contributed by atoms with E-state index in [9.17, 15) is 9.90 Å². The summed E-state index contributed by atoms with van der Waals surface area (Å²) in [6, 6.07) is 12.2. The molecule has 158 valence electrons. The molecule has 0 atom stereocenters. The van der Waals surface area contributed by atoms with Gasteiger partial charge in [-0.25, -0.2) is 0 Å². The molecular formula is C25H31N3O2. The lowest BCUT2D eigenvalue weighted by molar-refractivity contribution is 0.0314. The van der Waals surface area contributed by atoms with Crippen LogP contribution in [0, 0.1) is 5.41 Å². The molecule has 5 nitrogen and oxygen atoms in total. The van der Waals surface area contributed by atoms with Gasteiger partial charge in [0, 0.05) is 25.7 Å². The summed E-state index contributed by atoms with van der Waals surface area (Å²) >= 11 is 0. The van der Waals surface area contributed by atoms with Crippen molar-refractivity contribution in [3.8, 4) is 0 Å². The van der Waals surface area contributed by atoms with E-state index in [1.165, 1.54) is 5.56 Å². The van der Waals surface area contributed by atoms with E-state index >= 15 is 0 Å². The van der Waals surface area contributed by atoms with Crippen molar-refractivity contribution in [2.75, 3.05) is 13.6 Å². The lowest BCUT2D eigenvalue weighted by Gasteiger charge is -2.24. The number of nitrogens with zero attached hydrogens (tertiary/aromatic N) is 1. The van der Waals surface area contributed by atoms with E-state index in [-0.39, 0.29) is 5.91 Å². The van der Waals surface area contributed by atoms with Gasteiger partial charge >= 0.3 is 0 Å². The van der Waals surface area contributed by atoms with Crippen molar-refractivity contribution in [2.24, 2.45) is 0 Å². The first kappa shape index (κ1) is 21.8. The van der Waals surface area contributed by atoms with Crippen LogP contribution in [-0.2, 0) is 19.4 Å². The molecule has 0 radical (unpaired) electrons. The van der Waals surface area contributed by atoms with Gasteiger partial charge in [-0.3, -0.25) is 4.79 Å². The Labute approximate surface area is 178 Å². The summed E-state index contributed by atoms with van der Waals surface area (Å²) in [4.78, 5) is 14.6. The molecule has 0 saturated heterocycles. The molecule has 0 bridgehead atoms. The summed E-state index contributed by atoms with van der Waals surface area (Å²) < 4.78 is 0. The molecule has 3 rings (SSSR count). The van der Waals surface area contributed by atoms with Gasteiger partial charge in [0.05, 0.1) is 11.3 Å². The minimum atomic E-state index is -0.911. The normalized spacial score (nSPS) is 13.8. The van der Waals surface area contributed by atoms with Crippen molar-refractivity contribution in [3.05, 3.63) is 82.1 Å². The smallest absolute Gasteiger partial charge is 0.254 e.